The van der Waals surface area contributed by atoms with Crippen molar-refractivity contribution in [3.05, 3.63) is 71.2 Å². The normalized spacial score (nSPS) is 12.7. The van der Waals surface area contributed by atoms with E-state index in [9.17, 15) is 4.39 Å². The summed E-state index contributed by atoms with van der Waals surface area (Å²) in [7, 11) is 0. The molecule has 0 saturated heterocycles. The third kappa shape index (κ3) is 2.83. The van der Waals surface area contributed by atoms with Gasteiger partial charge in [-0.15, -0.1) is 0 Å². The summed E-state index contributed by atoms with van der Waals surface area (Å²) in [5, 5.41) is 4.53. The predicted molar refractivity (Wildman–Crippen MR) is 82.6 cm³/mol. The molecular formula is C18H18FNO. The van der Waals surface area contributed by atoms with Crippen molar-refractivity contribution < 1.29 is 8.81 Å². The van der Waals surface area contributed by atoms with Crippen LogP contribution in [0.2, 0.25) is 0 Å². The fourth-order valence-corrected chi connectivity index (χ4v) is 2.62. The number of hydrogen-bond acceptors (Lipinski definition) is 2. The van der Waals surface area contributed by atoms with Crippen LogP contribution < -0.4 is 5.32 Å². The molecule has 2 nitrogen and oxygen atoms in total. The number of fused-ring (bicyclic) bond motifs is 1. The summed E-state index contributed by atoms with van der Waals surface area (Å²) in [6, 6.07) is 14.7. The van der Waals surface area contributed by atoms with Gasteiger partial charge in [-0.25, -0.2) is 4.39 Å². The number of halogens is 1. The van der Waals surface area contributed by atoms with Gasteiger partial charge in [-0.2, -0.15) is 0 Å². The molecule has 0 fully saturated rings. The summed E-state index contributed by atoms with van der Waals surface area (Å²) >= 11 is 0. The molecule has 1 aromatic heterocycles. The number of hydrogen-bond donors (Lipinski definition) is 1. The molecule has 0 aliphatic rings. The van der Waals surface area contributed by atoms with Gasteiger partial charge in [-0.1, -0.05) is 30.3 Å². The van der Waals surface area contributed by atoms with Crippen LogP contribution in [0.5, 0.6) is 0 Å². The van der Waals surface area contributed by atoms with Crippen LogP contribution in [0.1, 0.15) is 29.9 Å². The lowest BCUT2D eigenvalue weighted by Crippen LogP contribution is -2.18. The largest absolute Gasteiger partial charge is 0.459 e. The summed E-state index contributed by atoms with van der Waals surface area (Å²) in [4.78, 5) is 0. The van der Waals surface area contributed by atoms with Gasteiger partial charge in [0.2, 0.25) is 0 Å². The highest BCUT2D eigenvalue weighted by atomic mass is 19.1. The summed E-state index contributed by atoms with van der Waals surface area (Å²) in [5.41, 5.74) is 2.99. The van der Waals surface area contributed by atoms with E-state index in [-0.39, 0.29) is 11.9 Å². The minimum Gasteiger partial charge on any atom is -0.459 e. The first-order valence-electron chi connectivity index (χ1n) is 7.11. The van der Waals surface area contributed by atoms with E-state index in [4.69, 9.17) is 4.42 Å². The maximum absolute atomic E-state index is 13.2. The molecule has 0 saturated carbocycles. The Hall–Kier alpha value is -2.13. The molecule has 0 radical (unpaired) electrons. The minimum absolute atomic E-state index is 0.0701. The molecule has 0 aliphatic heterocycles. The summed E-state index contributed by atoms with van der Waals surface area (Å²) in [6.45, 7) is 4.74. The molecule has 0 spiro atoms. The Morgan fingerprint density at radius 3 is 2.71 bits per heavy atom. The van der Waals surface area contributed by atoms with Gasteiger partial charge in [0.15, 0.2) is 0 Å². The van der Waals surface area contributed by atoms with Crippen LogP contribution in [-0.2, 0) is 6.54 Å². The van der Waals surface area contributed by atoms with Crippen LogP contribution in [0.25, 0.3) is 11.0 Å². The van der Waals surface area contributed by atoms with E-state index in [0.29, 0.717) is 6.54 Å². The predicted octanol–water partition coefficient (Wildman–Crippen LogP) is 4.73. The minimum atomic E-state index is -0.207. The van der Waals surface area contributed by atoms with Crippen molar-refractivity contribution in [3.8, 4) is 0 Å². The molecule has 1 N–H and O–H groups in total. The Morgan fingerprint density at radius 2 is 1.95 bits per heavy atom. The number of furan rings is 1. The van der Waals surface area contributed by atoms with Crippen LogP contribution in [0.3, 0.4) is 0 Å². The van der Waals surface area contributed by atoms with Gasteiger partial charge in [0, 0.05) is 11.9 Å². The van der Waals surface area contributed by atoms with Gasteiger partial charge < -0.3 is 9.73 Å². The van der Waals surface area contributed by atoms with Crippen molar-refractivity contribution >= 4 is 11.0 Å². The molecule has 0 amide bonds. The van der Waals surface area contributed by atoms with Crippen molar-refractivity contribution in [2.45, 2.75) is 26.4 Å². The molecule has 108 valence electrons. The SMILES string of the molecule is Cc1c(C(C)NCc2cccc(F)c2)oc2ccccc12. The van der Waals surface area contributed by atoms with Gasteiger partial charge >= 0.3 is 0 Å². The quantitative estimate of drug-likeness (QED) is 0.748. The third-order valence-electron chi connectivity index (χ3n) is 3.78. The average molecular weight is 283 g/mol. The molecule has 0 aliphatic carbocycles. The molecule has 1 heterocycles. The van der Waals surface area contributed by atoms with E-state index in [1.165, 1.54) is 6.07 Å². The van der Waals surface area contributed by atoms with E-state index >= 15 is 0 Å². The monoisotopic (exact) mass is 283 g/mol. The molecule has 3 heteroatoms. The van der Waals surface area contributed by atoms with Gasteiger partial charge in [0.1, 0.15) is 17.2 Å². The van der Waals surface area contributed by atoms with Gasteiger partial charge in [-0.05, 0) is 43.2 Å². The van der Waals surface area contributed by atoms with Crippen LogP contribution in [0.15, 0.2) is 52.9 Å². The first kappa shape index (κ1) is 13.8. The average Bonchev–Trinajstić information content (AvgIpc) is 2.83. The highest BCUT2D eigenvalue weighted by Crippen LogP contribution is 2.29. The fraction of sp³-hybridized carbons (Fsp3) is 0.222. The van der Waals surface area contributed by atoms with E-state index in [1.807, 2.05) is 24.3 Å². The maximum atomic E-state index is 13.2. The molecule has 3 aromatic rings. The first-order valence-corrected chi connectivity index (χ1v) is 7.11. The maximum Gasteiger partial charge on any atom is 0.134 e. The van der Waals surface area contributed by atoms with Gasteiger partial charge in [0.05, 0.1) is 6.04 Å². The lowest BCUT2D eigenvalue weighted by Gasteiger charge is -2.12. The van der Waals surface area contributed by atoms with E-state index in [1.54, 1.807) is 12.1 Å². The Kier molecular flexibility index (Phi) is 3.76. The molecule has 1 unspecified atom stereocenters. The molecule has 0 bridgehead atoms. The Morgan fingerprint density at radius 1 is 1.14 bits per heavy atom. The first-order chi connectivity index (χ1) is 10.1. The van der Waals surface area contributed by atoms with Crippen molar-refractivity contribution in [3.63, 3.8) is 0 Å². The second kappa shape index (κ2) is 5.70. The Labute approximate surface area is 123 Å². The van der Waals surface area contributed by atoms with E-state index < -0.39 is 0 Å². The molecule has 3 rings (SSSR count). The van der Waals surface area contributed by atoms with E-state index in [0.717, 1.165) is 27.9 Å². The zero-order valence-electron chi connectivity index (χ0n) is 12.2. The zero-order valence-corrected chi connectivity index (χ0v) is 12.2. The van der Waals surface area contributed by atoms with E-state index in [2.05, 4.69) is 25.2 Å². The number of nitrogens with one attached hydrogen (secondary N) is 1. The van der Waals surface area contributed by atoms with Crippen LogP contribution >= 0.6 is 0 Å². The number of para-hydroxylation sites is 1. The third-order valence-corrected chi connectivity index (χ3v) is 3.78. The zero-order chi connectivity index (χ0) is 14.8. The lowest BCUT2D eigenvalue weighted by atomic mass is 10.1. The van der Waals surface area contributed by atoms with Gasteiger partial charge in [0.25, 0.3) is 0 Å². The van der Waals surface area contributed by atoms with Crippen molar-refractivity contribution in [2.75, 3.05) is 0 Å². The summed E-state index contributed by atoms with van der Waals surface area (Å²) in [5.74, 6) is 0.731. The van der Waals surface area contributed by atoms with Crippen LogP contribution in [0.4, 0.5) is 4.39 Å². The second-order valence-electron chi connectivity index (χ2n) is 5.32. The topological polar surface area (TPSA) is 25.2 Å². The lowest BCUT2D eigenvalue weighted by molar-refractivity contribution is 0.447. The number of rotatable bonds is 4. The highest BCUT2D eigenvalue weighted by molar-refractivity contribution is 5.82. The van der Waals surface area contributed by atoms with Crippen molar-refractivity contribution in [2.24, 2.45) is 0 Å². The molecule has 21 heavy (non-hydrogen) atoms. The summed E-state index contributed by atoms with van der Waals surface area (Å²) in [6.07, 6.45) is 0. The smallest absolute Gasteiger partial charge is 0.134 e. The summed E-state index contributed by atoms with van der Waals surface area (Å²) < 4.78 is 19.1. The number of benzene rings is 2. The van der Waals surface area contributed by atoms with Crippen molar-refractivity contribution in [1.29, 1.82) is 0 Å². The number of aryl methyl sites for hydroxylation is 1. The van der Waals surface area contributed by atoms with Gasteiger partial charge in [-0.3, -0.25) is 0 Å². The molecule has 1 atom stereocenters. The molecular weight excluding hydrogens is 265 g/mol. The van der Waals surface area contributed by atoms with Crippen LogP contribution in [0, 0.1) is 12.7 Å². The fourth-order valence-electron chi connectivity index (χ4n) is 2.62. The Bertz CT molecular complexity index is 763. The highest BCUT2D eigenvalue weighted by Gasteiger charge is 2.15. The second-order valence-corrected chi connectivity index (χ2v) is 5.32. The Balaban J connectivity index is 1.78. The molecule has 2 aromatic carbocycles. The van der Waals surface area contributed by atoms with Crippen LogP contribution in [-0.4, -0.2) is 0 Å². The van der Waals surface area contributed by atoms with Crippen molar-refractivity contribution in [1.82, 2.24) is 5.32 Å². The standard InChI is InChI=1S/C18H18FNO/c1-12-16-8-3-4-9-17(16)21-18(12)13(2)20-11-14-6-5-7-15(19)10-14/h3-10,13,20H,11H2,1-2H3.